The van der Waals surface area contributed by atoms with Gasteiger partial charge in [0.05, 0.1) is 5.69 Å². The van der Waals surface area contributed by atoms with E-state index in [-0.39, 0.29) is 17.8 Å². The van der Waals surface area contributed by atoms with Gasteiger partial charge in [0.25, 0.3) is 0 Å². The lowest BCUT2D eigenvalue weighted by atomic mass is 10.1. The second-order valence-electron chi connectivity index (χ2n) is 5.77. The average Bonchev–Trinajstić information content (AvgIpc) is 2.61. The molecular formula is C19H17F2N3O2. The van der Waals surface area contributed by atoms with Crippen LogP contribution in [0.1, 0.15) is 12.5 Å². The van der Waals surface area contributed by atoms with Gasteiger partial charge in [-0.2, -0.15) is 0 Å². The first-order valence-electron chi connectivity index (χ1n) is 8.10. The molecule has 0 aliphatic carbocycles. The van der Waals surface area contributed by atoms with Crippen molar-refractivity contribution in [3.8, 4) is 0 Å². The number of rotatable bonds is 4. The molecule has 5 nitrogen and oxygen atoms in total. The first-order valence-corrected chi connectivity index (χ1v) is 8.10. The summed E-state index contributed by atoms with van der Waals surface area (Å²) in [4.78, 5) is 28.5. The third-order valence-electron chi connectivity index (χ3n) is 4.04. The molecule has 0 radical (unpaired) electrons. The number of anilines is 1. The van der Waals surface area contributed by atoms with Gasteiger partial charge in [-0.15, -0.1) is 0 Å². The van der Waals surface area contributed by atoms with Crippen molar-refractivity contribution in [2.45, 2.75) is 13.5 Å². The standard InChI is InChI=1S/C19H17F2N3O2/c1-2-24(19(26)23-17-8-7-13(20)10-15(17)21)11-12-9-18(25)22-16-6-4-3-5-14(12)16/h3-10H,2,11H2,1H3,(H,22,25)(H,23,26). The third kappa shape index (κ3) is 3.72. The molecule has 0 aliphatic heterocycles. The van der Waals surface area contributed by atoms with Crippen molar-refractivity contribution < 1.29 is 13.6 Å². The van der Waals surface area contributed by atoms with Gasteiger partial charge in [0.15, 0.2) is 0 Å². The number of urea groups is 1. The number of nitrogens with zero attached hydrogens (tertiary/aromatic N) is 1. The fourth-order valence-electron chi connectivity index (χ4n) is 2.73. The van der Waals surface area contributed by atoms with Gasteiger partial charge in [0.1, 0.15) is 11.6 Å². The highest BCUT2D eigenvalue weighted by Crippen LogP contribution is 2.19. The number of aromatic amines is 1. The van der Waals surface area contributed by atoms with Crippen LogP contribution in [0.2, 0.25) is 0 Å². The molecule has 26 heavy (non-hydrogen) atoms. The average molecular weight is 357 g/mol. The molecular weight excluding hydrogens is 340 g/mol. The number of aromatic nitrogens is 1. The van der Waals surface area contributed by atoms with Gasteiger partial charge in [-0.05, 0) is 30.7 Å². The Morgan fingerprint density at radius 2 is 1.92 bits per heavy atom. The number of nitrogens with one attached hydrogen (secondary N) is 2. The Balaban J connectivity index is 1.85. The molecule has 0 aliphatic rings. The van der Waals surface area contributed by atoms with E-state index in [4.69, 9.17) is 0 Å². The van der Waals surface area contributed by atoms with Crippen LogP contribution in [0.4, 0.5) is 19.3 Å². The zero-order valence-electron chi connectivity index (χ0n) is 14.1. The second kappa shape index (κ2) is 7.35. The van der Waals surface area contributed by atoms with Crippen molar-refractivity contribution in [1.82, 2.24) is 9.88 Å². The molecule has 2 amide bonds. The Labute approximate surface area is 148 Å². The van der Waals surface area contributed by atoms with Crippen LogP contribution >= 0.6 is 0 Å². The molecule has 0 atom stereocenters. The van der Waals surface area contributed by atoms with E-state index in [1.807, 2.05) is 18.2 Å². The molecule has 0 spiro atoms. The van der Waals surface area contributed by atoms with E-state index in [2.05, 4.69) is 10.3 Å². The third-order valence-corrected chi connectivity index (χ3v) is 4.04. The highest BCUT2D eigenvalue weighted by atomic mass is 19.1. The molecule has 0 fully saturated rings. The number of amides is 2. The smallest absolute Gasteiger partial charge is 0.322 e. The predicted octanol–water partition coefficient (Wildman–Crippen LogP) is 3.86. The molecule has 0 unspecified atom stereocenters. The topological polar surface area (TPSA) is 65.2 Å². The van der Waals surface area contributed by atoms with Gasteiger partial charge >= 0.3 is 6.03 Å². The number of fused-ring (bicyclic) bond motifs is 1. The Morgan fingerprint density at radius 3 is 2.65 bits per heavy atom. The first kappa shape index (κ1) is 17.6. The lowest BCUT2D eigenvalue weighted by Gasteiger charge is -2.22. The molecule has 3 aromatic rings. The molecule has 3 rings (SSSR count). The summed E-state index contributed by atoms with van der Waals surface area (Å²) in [5.74, 6) is -1.57. The predicted molar refractivity (Wildman–Crippen MR) is 96.0 cm³/mol. The van der Waals surface area contributed by atoms with E-state index in [0.29, 0.717) is 23.7 Å². The van der Waals surface area contributed by atoms with E-state index < -0.39 is 17.7 Å². The summed E-state index contributed by atoms with van der Waals surface area (Å²) in [6, 6.07) is 11.1. The van der Waals surface area contributed by atoms with Crippen molar-refractivity contribution in [1.29, 1.82) is 0 Å². The van der Waals surface area contributed by atoms with Crippen LogP contribution in [0, 0.1) is 11.6 Å². The summed E-state index contributed by atoms with van der Waals surface area (Å²) >= 11 is 0. The molecule has 0 saturated heterocycles. The number of benzene rings is 2. The Kier molecular flexibility index (Phi) is 4.97. The lowest BCUT2D eigenvalue weighted by molar-refractivity contribution is 0.212. The van der Waals surface area contributed by atoms with Crippen molar-refractivity contribution in [2.24, 2.45) is 0 Å². The van der Waals surface area contributed by atoms with E-state index in [1.165, 1.54) is 17.0 Å². The van der Waals surface area contributed by atoms with Crippen molar-refractivity contribution in [2.75, 3.05) is 11.9 Å². The van der Waals surface area contributed by atoms with Gasteiger partial charge < -0.3 is 15.2 Å². The van der Waals surface area contributed by atoms with Crippen LogP contribution in [0.15, 0.2) is 53.3 Å². The van der Waals surface area contributed by atoms with Gasteiger partial charge in [0.2, 0.25) is 5.56 Å². The minimum Gasteiger partial charge on any atom is -0.322 e. The SMILES string of the molecule is CCN(Cc1cc(=O)[nH]c2ccccc12)C(=O)Nc1ccc(F)cc1F. The molecule has 0 bridgehead atoms. The van der Waals surface area contributed by atoms with Crippen molar-refractivity contribution in [3.63, 3.8) is 0 Å². The highest BCUT2D eigenvalue weighted by Gasteiger charge is 2.16. The van der Waals surface area contributed by atoms with E-state index in [9.17, 15) is 18.4 Å². The summed E-state index contributed by atoms with van der Waals surface area (Å²) < 4.78 is 26.7. The summed E-state index contributed by atoms with van der Waals surface area (Å²) in [6.45, 7) is 2.29. The van der Waals surface area contributed by atoms with Crippen LogP contribution in [0.5, 0.6) is 0 Å². The van der Waals surface area contributed by atoms with E-state index in [0.717, 1.165) is 11.5 Å². The number of pyridine rings is 1. The molecule has 1 aromatic heterocycles. The molecule has 2 N–H and O–H groups in total. The minimum absolute atomic E-state index is 0.106. The lowest BCUT2D eigenvalue weighted by Crippen LogP contribution is -2.34. The van der Waals surface area contributed by atoms with Crippen molar-refractivity contribution in [3.05, 3.63) is 76.1 Å². The molecule has 0 saturated carbocycles. The summed E-state index contributed by atoms with van der Waals surface area (Å²) in [5.41, 5.74) is 0.988. The molecule has 1 heterocycles. The van der Waals surface area contributed by atoms with E-state index in [1.54, 1.807) is 13.0 Å². The van der Waals surface area contributed by atoms with Gasteiger partial charge in [-0.25, -0.2) is 13.6 Å². The maximum absolute atomic E-state index is 13.7. The Morgan fingerprint density at radius 1 is 1.15 bits per heavy atom. The molecule has 2 aromatic carbocycles. The largest absolute Gasteiger partial charge is 0.322 e. The van der Waals surface area contributed by atoms with Gasteiger partial charge in [0, 0.05) is 36.1 Å². The monoisotopic (exact) mass is 357 g/mol. The van der Waals surface area contributed by atoms with E-state index >= 15 is 0 Å². The maximum atomic E-state index is 13.7. The number of para-hydroxylation sites is 1. The van der Waals surface area contributed by atoms with Gasteiger partial charge in [-0.3, -0.25) is 4.79 Å². The van der Waals surface area contributed by atoms with Crippen LogP contribution in [0.3, 0.4) is 0 Å². The summed E-state index contributed by atoms with van der Waals surface area (Å²) in [5, 5.41) is 3.26. The highest BCUT2D eigenvalue weighted by molar-refractivity contribution is 5.90. The van der Waals surface area contributed by atoms with Crippen LogP contribution in [0.25, 0.3) is 10.9 Å². The zero-order chi connectivity index (χ0) is 18.7. The number of H-pyrrole nitrogens is 1. The molecule has 7 heteroatoms. The fraction of sp³-hybridized carbons (Fsp3) is 0.158. The zero-order valence-corrected chi connectivity index (χ0v) is 14.1. The quantitative estimate of drug-likeness (QED) is 0.745. The fourth-order valence-corrected chi connectivity index (χ4v) is 2.73. The number of carbonyl (C=O) groups is 1. The summed E-state index contributed by atoms with van der Waals surface area (Å²) in [6.07, 6.45) is 0. The summed E-state index contributed by atoms with van der Waals surface area (Å²) in [7, 11) is 0. The first-order chi connectivity index (χ1) is 12.5. The normalized spacial score (nSPS) is 10.7. The van der Waals surface area contributed by atoms with Crippen LogP contribution in [-0.4, -0.2) is 22.5 Å². The minimum atomic E-state index is -0.851. The Bertz CT molecular complexity index is 1020. The van der Waals surface area contributed by atoms with Crippen LogP contribution in [-0.2, 0) is 6.54 Å². The number of carbonyl (C=O) groups excluding carboxylic acids is 1. The maximum Gasteiger partial charge on any atom is 0.322 e. The number of hydrogen-bond donors (Lipinski definition) is 2. The van der Waals surface area contributed by atoms with Gasteiger partial charge in [-0.1, -0.05) is 18.2 Å². The second-order valence-corrected chi connectivity index (χ2v) is 5.77. The number of hydrogen-bond acceptors (Lipinski definition) is 2. The van der Waals surface area contributed by atoms with Crippen LogP contribution < -0.4 is 10.9 Å². The Hall–Kier alpha value is -3.22. The van der Waals surface area contributed by atoms with Crippen molar-refractivity contribution >= 4 is 22.6 Å². The molecule has 134 valence electrons. The number of halogens is 2.